The molecule has 17 heavy (non-hydrogen) atoms. The molecule has 1 aromatic rings. The highest BCUT2D eigenvalue weighted by molar-refractivity contribution is 4.93. The first-order chi connectivity index (χ1) is 8.06. The summed E-state index contributed by atoms with van der Waals surface area (Å²) in [7, 11) is 0. The number of hydrogen-bond acceptors (Lipinski definition) is 5. The number of halogens is 1. The van der Waals surface area contributed by atoms with Gasteiger partial charge in [-0.15, -0.1) is 0 Å². The molecule has 4 atom stereocenters. The van der Waals surface area contributed by atoms with E-state index in [4.69, 9.17) is 9.84 Å². The molecule has 94 valence electrons. The van der Waals surface area contributed by atoms with Crippen LogP contribution in [0, 0.1) is 0 Å². The molecule has 0 radical (unpaired) electrons. The van der Waals surface area contributed by atoms with Crippen LogP contribution in [0.4, 0.5) is 4.39 Å². The van der Waals surface area contributed by atoms with E-state index in [1.807, 2.05) is 0 Å². The molecule has 2 heterocycles. The van der Waals surface area contributed by atoms with E-state index < -0.39 is 42.5 Å². The molecule has 1 aromatic heterocycles. The lowest BCUT2D eigenvalue weighted by atomic mass is 10.1. The topological polar surface area (TPSA) is 105 Å². The van der Waals surface area contributed by atoms with Crippen molar-refractivity contribution < 1.29 is 19.3 Å². The molecule has 2 rings (SSSR count). The Kier molecular flexibility index (Phi) is 3.09. The highest BCUT2D eigenvalue weighted by Gasteiger charge is 2.45. The van der Waals surface area contributed by atoms with Crippen molar-refractivity contribution in [3.8, 4) is 0 Å². The maximum absolute atomic E-state index is 13.4. The Hall–Kier alpha value is -1.51. The van der Waals surface area contributed by atoms with E-state index in [1.54, 1.807) is 0 Å². The molecule has 8 heteroatoms. The molecule has 1 fully saturated rings. The fourth-order valence-corrected chi connectivity index (χ4v) is 1.74. The number of aliphatic hydroxyl groups is 2. The number of aliphatic hydroxyl groups excluding tert-OH is 2. The van der Waals surface area contributed by atoms with Crippen molar-refractivity contribution in [1.29, 1.82) is 0 Å². The van der Waals surface area contributed by atoms with Crippen LogP contribution in [0.25, 0.3) is 0 Å². The van der Waals surface area contributed by atoms with Crippen molar-refractivity contribution in [2.24, 2.45) is 0 Å². The second-order valence-electron chi connectivity index (χ2n) is 3.67. The Morgan fingerprint density at radius 3 is 2.76 bits per heavy atom. The molecule has 3 N–H and O–H groups in total. The largest absolute Gasteiger partial charge is 0.394 e. The predicted molar refractivity (Wildman–Crippen MR) is 53.2 cm³/mol. The van der Waals surface area contributed by atoms with Crippen LogP contribution in [-0.2, 0) is 4.74 Å². The summed E-state index contributed by atoms with van der Waals surface area (Å²) >= 11 is 0. The summed E-state index contributed by atoms with van der Waals surface area (Å²) in [5.41, 5.74) is -1.53. The van der Waals surface area contributed by atoms with Crippen LogP contribution in [0.2, 0.25) is 0 Å². The molecule has 1 saturated heterocycles. The van der Waals surface area contributed by atoms with E-state index in [-0.39, 0.29) is 0 Å². The number of rotatable bonds is 2. The highest BCUT2D eigenvalue weighted by Crippen LogP contribution is 2.29. The van der Waals surface area contributed by atoms with Crippen LogP contribution >= 0.6 is 0 Å². The molecule has 1 aliphatic heterocycles. The van der Waals surface area contributed by atoms with Gasteiger partial charge in [0.25, 0.3) is 5.56 Å². The Labute approximate surface area is 94.1 Å². The number of hydrogen-bond donors (Lipinski definition) is 3. The summed E-state index contributed by atoms with van der Waals surface area (Å²) in [5.74, 6) is 0. The number of aromatic nitrogens is 2. The van der Waals surface area contributed by atoms with E-state index in [0.717, 1.165) is 12.3 Å². The Balaban J connectivity index is 2.42. The van der Waals surface area contributed by atoms with Gasteiger partial charge in [-0.3, -0.25) is 4.79 Å². The predicted octanol–water partition coefficient (Wildman–Crippen LogP) is -1.87. The number of alkyl halides is 1. The second-order valence-corrected chi connectivity index (χ2v) is 3.67. The van der Waals surface area contributed by atoms with Crippen LogP contribution in [0.1, 0.15) is 6.23 Å². The molecule has 1 aliphatic rings. The molecule has 7 nitrogen and oxygen atoms in total. The van der Waals surface area contributed by atoms with Crippen molar-refractivity contribution in [1.82, 2.24) is 9.55 Å². The van der Waals surface area contributed by atoms with Crippen LogP contribution in [-0.4, -0.2) is 44.8 Å². The Bertz CT molecular complexity index is 484. The maximum atomic E-state index is 13.4. The minimum atomic E-state index is -1.85. The SMILES string of the molecule is O=c1cc[nH]c(=O)n1[C@@H]1O[C@H](CO)[C@@H](F)[C@H]1O. The van der Waals surface area contributed by atoms with Crippen molar-refractivity contribution in [3.63, 3.8) is 0 Å². The van der Waals surface area contributed by atoms with E-state index in [9.17, 15) is 19.1 Å². The lowest BCUT2D eigenvalue weighted by molar-refractivity contribution is -0.0553. The monoisotopic (exact) mass is 246 g/mol. The summed E-state index contributed by atoms with van der Waals surface area (Å²) in [5, 5.41) is 18.3. The molecule has 0 unspecified atom stereocenters. The number of H-pyrrole nitrogens is 1. The van der Waals surface area contributed by atoms with E-state index in [2.05, 4.69) is 4.98 Å². The summed E-state index contributed by atoms with van der Waals surface area (Å²) in [4.78, 5) is 25.1. The van der Waals surface area contributed by atoms with Crippen molar-refractivity contribution in [3.05, 3.63) is 33.1 Å². The summed E-state index contributed by atoms with van der Waals surface area (Å²) in [6.07, 6.45) is -5.06. The number of ether oxygens (including phenoxy) is 1. The molecule has 0 bridgehead atoms. The summed E-state index contributed by atoms with van der Waals surface area (Å²) in [6, 6.07) is 1.05. The Morgan fingerprint density at radius 2 is 2.24 bits per heavy atom. The summed E-state index contributed by atoms with van der Waals surface area (Å²) < 4.78 is 18.9. The summed E-state index contributed by atoms with van der Waals surface area (Å²) in [6.45, 7) is -0.645. The zero-order chi connectivity index (χ0) is 12.6. The first kappa shape index (κ1) is 12.0. The first-order valence-electron chi connectivity index (χ1n) is 4.95. The lowest BCUT2D eigenvalue weighted by Gasteiger charge is -2.15. The van der Waals surface area contributed by atoms with Gasteiger partial charge in [0.05, 0.1) is 6.61 Å². The van der Waals surface area contributed by atoms with Gasteiger partial charge >= 0.3 is 5.69 Å². The molecule has 0 aliphatic carbocycles. The third kappa shape index (κ3) is 1.90. The van der Waals surface area contributed by atoms with E-state index in [1.165, 1.54) is 0 Å². The smallest absolute Gasteiger partial charge is 0.330 e. The number of nitrogens with one attached hydrogen (secondary N) is 1. The first-order valence-corrected chi connectivity index (χ1v) is 4.95. The van der Waals surface area contributed by atoms with Crippen molar-refractivity contribution >= 4 is 0 Å². The van der Waals surface area contributed by atoms with Crippen LogP contribution in [0.3, 0.4) is 0 Å². The minimum Gasteiger partial charge on any atom is -0.394 e. The minimum absolute atomic E-state index is 0.576. The van der Waals surface area contributed by atoms with Gasteiger partial charge in [-0.25, -0.2) is 13.8 Å². The molecular weight excluding hydrogens is 235 g/mol. The van der Waals surface area contributed by atoms with Crippen LogP contribution < -0.4 is 11.2 Å². The highest BCUT2D eigenvalue weighted by atomic mass is 19.1. The van der Waals surface area contributed by atoms with Crippen LogP contribution in [0.15, 0.2) is 21.9 Å². The average Bonchev–Trinajstić information content (AvgIpc) is 2.57. The zero-order valence-corrected chi connectivity index (χ0v) is 8.62. The molecule has 0 spiro atoms. The average molecular weight is 246 g/mol. The van der Waals surface area contributed by atoms with Gasteiger partial charge in [0.2, 0.25) is 0 Å². The third-order valence-electron chi connectivity index (χ3n) is 2.61. The zero-order valence-electron chi connectivity index (χ0n) is 8.62. The van der Waals surface area contributed by atoms with Gasteiger partial charge in [-0.05, 0) is 0 Å². The van der Waals surface area contributed by atoms with E-state index >= 15 is 0 Å². The normalized spacial score (nSPS) is 32.9. The van der Waals surface area contributed by atoms with Crippen molar-refractivity contribution in [2.75, 3.05) is 6.61 Å². The Morgan fingerprint density at radius 1 is 1.53 bits per heavy atom. The molecule has 0 saturated carbocycles. The van der Waals surface area contributed by atoms with Gasteiger partial charge in [-0.2, -0.15) is 0 Å². The number of nitrogens with zero attached hydrogens (tertiary/aromatic N) is 1. The lowest BCUT2D eigenvalue weighted by Crippen LogP contribution is -2.41. The fourth-order valence-electron chi connectivity index (χ4n) is 1.74. The van der Waals surface area contributed by atoms with Gasteiger partial charge in [0.15, 0.2) is 12.4 Å². The number of aromatic amines is 1. The molecule has 0 aromatic carbocycles. The standard InChI is InChI=1S/C9H11FN2O5/c10-6-4(3-13)17-8(7(6)15)12-5(14)1-2-11-9(12)16/h1-2,4,6-8,13,15H,3H2,(H,11,16)/t4-,6-,7-,8-/m1/s1. The van der Waals surface area contributed by atoms with Crippen molar-refractivity contribution in [2.45, 2.75) is 24.6 Å². The maximum Gasteiger partial charge on any atom is 0.330 e. The van der Waals surface area contributed by atoms with Crippen LogP contribution in [0.5, 0.6) is 0 Å². The van der Waals surface area contributed by atoms with E-state index in [0.29, 0.717) is 4.57 Å². The van der Waals surface area contributed by atoms with Gasteiger partial charge < -0.3 is 19.9 Å². The molecule has 0 amide bonds. The quantitative estimate of drug-likeness (QED) is 0.567. The van der Waals surface area contributed by atoms with Gasteiger partial charge in [-0.1, -0.05) is 0 Å². The second kappa shape index (κ2) is 4.40. The van der Waals surface area contributed by atoms with Gasteiger partial charge in [0, 0.05) is 12.3 Å². The van der Waals surface area contributed by atoms with Gasteiger partial charge in [0.1, 0.15) is 12.2 Å². The molecular formula is C9H11FN2O5. The third-order valence-corrected chi connectivity index (χ3v) is 2.61. The fraction of sp³-hybridized carbons (Fsp3) is 0.556.